The molecule has 0 aliphatic rings. The standard InChI is InChI=1S/C20H18BrFN6O/c1-11-18-9-25-16-6-4-12(7-17(16)28(18)20(23)26-11)19(29)27(24-2)10-13-3-5-14(21)8-15(13)22/h3-9,24H,10H2,1-2H3,(H2,23,26). The first kappa shape index (κ1) is 19.3. The van der Waals surface area contributed by atoms with E-state index in [1.54, 1.807) is 48.0 Å². The van der Waals surface area contributed by atoms with E-state index >= 15 is 0 Å². The Morgan fingerprint density at radius 1 is 1.28 bits per heavy atom. The second-order valence-electron chi connectivity index (χ2n) is 6.59. The zero-order valence-electron chi connectivity index (χ0n) is 15.8. The average molecular weight is 457 g/mol. The van der Waals surface area contributed by atoms with Crippen molar-refractivity contribution in [3.8, 4) is 0 Å². The van der Waals surface area contributed by atoms with Crippen molar-refractivity contribution in [2.24, 2.45) is 0 Å². The maximum atomic E-state index is 14.2. The fourth-order valence-corrected chi connectivity index (χ4v) is 3.61. The van der Waals surface area contributed by atoms with Crippen molar-refractivity contribution in [1.82, 2.24) is 24.8 Å². The third kappa shape index (κ3) is 3.43. The van der Waals surface area contributed by atoms with Gasteiger partial charge >= 0.3 is 0 Å². The van der Waals surface area contributed by atoms with Gasteiger partial charge in [-0.25, -0.2) is 14.8 Å². The molecule has 2 aromatic heterocycles. The molecule has 0 saturated heterocycles. The van der Waals surface area contributed by atoms with Crippen molar-refractivity contribution in [3.63, 3.8) is 0 Å². The summed E-state index contributed by atoms with van der Waals surface area (Å²) in [7, 11) is 1.62. The summed E-state index contributed by atoms with van der Waals surface area (Å²) < 4.78 is 16.6. The lowest BCUT2D eigenvalue weighted by molar-refractivity contribution is 0.0662. The number of imidazole rings is 1. The van der Waals surface area contributed by atoms with E-state index in [9.17, 15) is 9.18 Å². The number of carbonyl (C=O) groups excluding carboxylic acids is 1. The van der Waals surface area contributed by atoms with Gasteiger partial charge in [-0.1, -0.05) is 22.0 Å². The minimum atomic E-state index is -0.390. The smallest absolute Gasteiger partial charge is 0.268 e. The molecule has 0 saturated carbocycles. The van der Waals surface area contributed by atoms with Gasteiger partial charge in [0.2, 0.25) is 5.95 Å². The van der Waals surface area contributed by atoms with Gasteiger partial charge in [-0.05, 0) is 37.3 Å². The summed E-state index contributed by atoms with van der Waals surface area (Å²) in [4.78, 5) is 21.8. The number of aromatic nitrogens is 3. The fraction of sp³-hybridized carbons (Fsp3) is 0.150. The number of halogens is 2. The summed E-state index contributed by atoms with van der Waals surface area (Å²) >= 11 is 3.24. The topological polar surface area (TPSA) is 88.5 Å². The van der Waals surface area contributed by atoms with Gasteiger partial charge in [0, 0.05) is 22.6 Å². The molecule has 7 nitrogen and oxygen atoms in total. The van der Waals surface area contributed by atoms with E-state index in [0.717, 1.165) is 11.2 Å². The molecule has 1 amide bonds. The monoisotopic (exact) mass is 456 g/mol. The number of hydrogen-bond donors (Lipinski definition) is 2. The highest BCUT2D eigenvalue weighted by molar-refractivity contribution is 9.10. The van der Waals surface area contributed by atoms with Gasteiger partial charge in [-0.15, -0.1) is 0 Å². The number of nitrogens with zero attached hydrogens (tertiary/aromatic N) is 4. The van der Waals surface area contributed by atoms with Crippen molar-refractivity contribution in [2.75, 3.05) is 12.8 Å². The third-order valence-electron chi connectivity index (χ3n) is 4.77. The van der Waals surface area contributed by atoms with Gasteiger partial charge in [0.15, 0.2) is 0 Å². The highest BCUT2D eigenvalue weighted by atomic mass is 79.9. The summed E-state index contributed by atoms with van der Waals surface area (Å²) in [5.74, 6) is -0.362. The molecule has 0 aliphatic carbocycles. The van der Waals surface area contributed by atoms with Crippen LogP contribution in [-0.2, 0) is 6.54 Å². The molecule has 2 heterocycles. The van der Waals surface area contributed by atoms with Crippen LogP contribution in [0.4, 0.5) is 10.3 Å². The van der Waals surface area contributed by atoms with Crippen LogP contribution in [-0.4, -0.2) is 32.3 Å². The molecule has 29 heavy (non-hydrogen) atoms. The number of benzene rings is 2. The summed E-state index contributed by atoms with van der Waals surface area (Å²) in [6.07, 6.45) is 1.71. The number of hydrazine groups is 1. The number of nitrogens with one attached hydrogen (secondary N) is 1. The minimum Gasteiger partial charge on any atom is -0.369 e. The zero-order chi connectivity index (χ0) is 20.7. The first-order chi connectivity index (χ1) is 13.9. The van der Waals surface area contributed by atoms with E-state index in [4.69, 9.17) is 5.73 Å². The largest absolute Gasteiger partial charge is 0.369 e. The van der Waals surface area contributed by atoms with Crippen molar-refractivity contribution < 1.29 is 9.18 Å². The molecule has 0 fully saturated rings. The Labute approximate surface area is 174 Å². The van der Waals surface area contributed by atoms with E-state index in [-0.39, 0.29) is 12.5 Å². The summed E-state index contributed by atoms with van der Waals surface area (Å²) in [6, 6.07) is 9.91. The van der Waals surface area contributed by atoms with E-state index < -0.39 is 5.82 Å². The Morgan fingerprint density at radius 3 is 2.79 bits per heavy atom. The normalized spacial score (nSPS) is 11.3. The van der Waals surface area contributed by atoms with Gasteiger partial charge in [-0.3, -0.25) is 19.2 Å². The lowest BCUT2D eigenvalue weighted by Gasteiger charge is -2.22. The summed E-state index contributed by atoms with van der Waals surface area (Å²) in [5, 5.41) is 1.35. The summed E-state index contributed by atoms with van der Waals surface area (Å²) in [5.41, 5.74) is 12.6. The van der Waals surface area contributed by atoms with Gasteiger partial charge in [0.25, 0.3) is 5.91 Å². The van der Waals surface area contributed by atoms with Crippen LogP contribution in [0.2, 0.25) is 0 Å². The molecule has 4 aromatic rings. The maximum Gasteiger partial charge on any atom is 0.268 e. The quantitative estimate of drug-likeness (QED) is 0.459. The number of fused-ring (bicyclic) bond motifs is 3. The molecule has 0 atom stereocenters. The fourth-order valence-electron chi connectivity index (χ4n) is 3.27. The number of rotatable bonds is 4. The van der Waals surface area contributed by atoms with E-state index in [1.807, 2.05) is 6.92 Å². The Hall–Kier alpha value is -3.04. The van der Waals surface area contributed by atoms with E-state index in [1.165, 1.54) is 11.1 Å². The first-order valence-corrected chi connectivity index (χ1v) is 9.65. The predicted octanol–water partition coefficient (Wildman–Crippen LogP) is 3.45. The van der Waals surface area contributed by atoms with Gasteiger partial charge < -0.3 is 5.73 Å². The molecule has 9 heteroatoms. The SMILES string of the molecule is CNN(Cc1ccc(Br)cc1F)C(=O)c1ccc2ncc3c(C)nc(N)n3c2c1. The first-order valence-electron chi connectivity index (χ1n) is 8.85. The van der Waals surface area contributed by atoms with Crippen LogP contribution in [0.1, 0.15) is 21.6 Å². The molecule has 0 radical (unpaired) electrons. The Kier molecular flexibility index (Phi) is 4.93. The molecular formula is C20H18BrFN6O. The molecule has 2 aromatic carbocycles. The third-order valence-corrected chi connectivity index (χ3v) is 5.26. The van der Waals surface area contributed by atoms with E-state index in [0.29, 0.717) is 32.6 Å². The number of anilines is 1. The zero-order valence-corrected chi connectivity index (χ0v) is 17.4. The minimum absolute atomic E-state index is 0.0707. The molecule has 0 spiro atoms. The molecule has 0 aliphatic heterocycles. The Morgan fingerprint density at radius 2 is 2.07 bits per heavy atom. The van der Waals surface area contributed by atoms with Crippen molar-refractivity contribution in [1.29, 1.82) is 0 Å². The van der Waals surface area contributed by atoms with Crippen molar-refractivity contribution >= 4 is 44.3 Å². The van der Waals surface area contributed by atoms with Crippen LogP contribution >= 0.6 is 15.9 Å². The van der Waals surface area contributed by atoms with Crippen LogP contribution < -0.4 is 11.2 Å². The lowest BCUT2D eigenvalue weighted by Crippen LogP contribution is -2.40. The lowest BCUT2D eigenvalue weighted by atomic mass is 10.1. The second kappa shape index (κ2) is 7.41. The number of nitrogen functional groups attached to an aromatic ring is 1. The number of hydrogen-bond acceptors (Lipinski definition) is 5. The van der Waals surface area contributed by atoms with Crippen LogP contribution in [0.25, 0.3) is 16.6 Å². The van der Waals surface area contributed by atoms with Crippen molar-refractivity contribution in [3.05, 3.63) is 69.7 Å². The number of amides is 1. The predicted molar refractivity (Wildman–Crippen MR) is 113 cm³/mol. The van der Waals surface area contributed by atoms with Crippen LogP contribution in [0.3, 0.4) is 0 Å². The van der Waals surface area contributed by atoms with Gasteiger partial charge in [0.05, 0.1) is 35.0 Å². The summed E-state index contributed by atoms with van der Waals surface area (Å²) in [6.45, 7) is 1.92. The highest BCUT2D eigenvalue weighted by Gasteiger charge is 2.18. The Balaban J connectivity index is 1.74. The van der Waals surface area contributed by atoms with E-state index in [2.05, 4.69) is 31.3 Å². The number of carbonyl (C=O) groups is 1. The molecular weight excluding hydrogens is 439 g/mol. The molecule has 148 valence electrons. The Bertz CT molecular complexity index is 1250. The van der Waals surface area contributed by atoms with Crippen molar-refractivity contribution in [2.45, 2.75) is 13.5 Å². The molecule has 0 bridgehead atoms. The second-order valence-corrected chi connectivity index (χ2v) is 7.50. The molecule has 4 rings (SSSR count). The van der Waals surface area contributed by atoms with Crippen LogP contribution in [0, 0.1) is 12.7 Å². The van der Waals surface area contributed by atoms with Crippen LogP contribution in [0.15, 0.2) is 47.1 Å². The number of nitrogens with two attached hydrogens (primary N) is 1. The maximum absolute atomic E-state index is 14.2. The number of aryl methyl sites for hydroxylation is 1. The highest BCUT2D eigenvalue weighted by Crippen LogP contribution is 2.23. The van der Waals surface area contributed by atoms with Gasteiger partial charge in [-0.2, -0.15) is 0 Å². The average Bonchev–Trinajstić information content (AvgIpc) is 3.00. The molecule has 0 unspecified atom stereocenters. The van der Waals surface area contributed by atoms with Crippen LogP contribution in [0.5, 0.6) is 0 Å². The molecule has 3 N–H and O–H groups in total. The van der Waals surface area contributed by atoms with Gasteiger partial charge in [0.1, 0.15) is 5.82 Å².